The van der Waals surface area contributed by atoms with E-state index < -0.39 is 5.92 Å². The van der Waals surface area contributed by atoms with Crippen molar-refractivity contribution < 1.29 is 4.92 Å². The number of H-pyrrole nitrogens is 1. The number of para-hydroxylation sites is 1. The van der Waals surface area contributed by atoms with Crippen LogP contribution in [0.3, 0.4) is 0 Å². The second-order valence-corrected chi connectivity index (χ2v) is 7.46. The predicted octanol–water partition coefficient (Wildman–Crippen LogP) is 6.55. The third kappa shape index (κ3) is 3.61. The summed E-state index contributed by atoms with van der Waals surface area (Å²) in [5.41, 5.74) is 4.47. The Bertz CT molecular complexity index is 1140. The molecule has 0 bridgehead atoms. The number of hydrogen-bond acceptors (Lipinski definition) is 2. The van der Waals surface area contributed by atoms with Crippen molar-refractivity contribution in [3.05, 3.63) is 104 Å². The summed E-state index contributed by atoms with van der Waals surface area (Å²) in [7, 11) is 0. The van der Waals surface area contributed by atoms with Gasteiger partial charge in [-0.1, -0.05) is 65.7 Å². The largest absolute Gasteiger partial charge is 0.354 e. The van der Waals surface area contributed by atoms with Gasteiger partial charge in [0.25, 0.3) is 0 Å². The first-order chi connectivity index (χ1) is 13.5. The molecule has 1 aromatic heterocycles. The molecule has 0 aliphatic heterocycles. The van der Waals surface area contributed by atoms with Crippen LogP contribution in [0, 0.1) is 10.1 Å². The van der Waals surface area contributed by atoms with Gasteiger partial charge < -0.3 is 4.98 Å². The van der Waals surface area contributed by atoms with Gasteiger partial charge in [0.15, 0.2) is 0 Å². The Hall–Kier alpha value is -2.82. The van der Waals surface area contributed by atoms with E-state index in [1.54, 1.807) is 12.1 Å². The lowest BCUT2D eigenvalue weighted by Gasteiger charge is -2.16. The minimum absolute atomic E-state index is 0.218. The molecule has 140 valence electrons. The monoisotopic (exact) mass is 410 g/mol. The Labute approximate surface area is 171 Å². The number of nitro groups is 1. The zero-order valence-electron chi connectivity index (χ0n) is 14.7. The van der Waals surface area contributed by atoms with Crippen molar-refractivity contribution in [1.82, 2.24) is 4.98 Å². The Morgan fingerprint density at radius 1 is 0.893 bits per heavy atom. The predicted molar refractivity (Wildman–Crippen MR) is 114 cm³/mol. The van der Waals surface area contributed by atoms with Crippen molar-refractivity contribution in [3.8, 4) is 11.3 Å². The van der Waals surface area contributed by atoms with Crippen LogP contribution < -0.4 is 0 Å². The number of aromatic amines is 1. The molecule has 4 aromatic rings. The quantitative estimate of drug-likeness (QED) is 0.299. The Kier molecular flexibility index (Phi) is 5.07. The summed E-state index contributed by atoms with van der Waals surface area (Å²) in [5.74, 6) is -0.422. The molecule has 0 saturated heterocycles. The van der Waals surface area contributed by atoms with Crippen molar-refractivity contribution in [3.63, 3.8) is 0 Å². The van der Waals surface area contributed by atoms with E-state index in [1.807, 2.05) is 60.7 Å². The van der Waals surface area contributed by atoms with Gasteiger partial charge >= 0.3 is 0 Å². The number of halogens is 2. The van der Waals surface area contributed by atoms with Crippen molar-refractivity contribution in [1.29, 1.82) is 0 Å². The Balaban J connectivity index is 1.97. The summed E-state index contributed by atoms with van der Waals surface area (Å²) >= 11 is 12.1. The number of nitrogens with one attached hydrogen (secondary N) is 1. The average molecular weight is 411 g/mol. The van der Waals surface area contributed by atoms with Crippen molar-refractivity contribution in [2.24, 2.45) is 0 Å². The van der Waals surface area contributed by atoms with Gasteiger partial charge in [0.1, 0.15) is 0 Å². The van der Waals surface area contributed by atoms with Crippen LogP contribution in [-0.2, 0) is 0 Å². The summed E-state index contributed by atoms with van der Waals surface area (Å²) in [6, 6.07) is 22.6. The molecule has 0 unspecified atom stereocenters. The maximum absolute atomic E-state index is 11.5. The van der Waals surface area contributed by atoms with Gasteiger partial charge in [0, 0.05) is 25.9 Å². The number of rotatable bonds is 5. The average Bonchev–Trinajstić information content (AvgIpc) is 3.06. The lowest BCUT2D eigenvalue weighted by molar-refractivity contribution is -0.481. The normalized spacial score (nSPS) is 12.2. The topological polar surface area (TPSA) is 58.9 Å². The number of nitrogens with zero attached hydrogens (tertiary/aromatic N) is 1. The molecule has 0 fully saturated rings. The molecule has 3 aromatic carbocycles. The minimum atomic E-state index is -0.422. The first-order valence-electron chi connectivity index (χ1n) is 8.77. The molecular formula is C22H16Cl2N2O2. The van der Waals surface area contributed by atoms with Crippen molar-refractivity contribution in [2.75, 3.05) is 6.54 Å². The van der Waals surface area contributed by atoms with Gasteiger partial charge in [-0.25, -0.2) is 0 Å². The summed E-state index contributed by atoms with van der Waals surface area (Å²) in [4.78, 5) is 14.7. The maximum atomic E-state index is 11.5. The van der Waals surface area contributed by atoms with Crippen LogP contribution in [0.2, 0.25) is 10.0 Å². The number of hydrogen-bond donors (Lipinski definition) is 1. The van der Waals surface area contributed by atoms with Gasteiger partial charge in [-0.2, -0.15) is 0 Å². The molecule has 4 nitrogen and oxygen atoms in total. The Morgan fingerprint density at radius 3 is 2.14 bits per heavy atom. The fourth-order valence-electron chi connectivity index (χ4n) is 3.58. The maximum Gasteiger partial charge on any atom is 0.214 e. The summed E-state index contributed by atoms with van der Waals surface area (Å²) in [6.45, 7) is -0.218. The van der Waals surface area contributed by atoms with E-state index in [0.29, 0.717) is 10.0 Å². The number of aromatic nitrogens is 1. The molecule has 0 amide bonds. The molecule has 1 N–H and O–H groups in total. The molecule has 0 aliphatic rings. The standard InChI is InChI=1S/C22H16Cl2N2O2/c23-16-9-5-14(6-10-16)19(13-26(27)28)21-18-3-1-2-4-20(18)25-22(21)15-7-11-17(24)12-8-15/h1-12,19,25H,13H2/t19-/m1/s1. The van der Waals surface area contributed by atoms with E-state index in [0.717, 1.165) is 33.3 Å². The highest BCUT2D eigenvalue weighted by atomic mass is 35.5. The highest BCUT2D eigenvalue weighted by Crippen LogP contribution is 2.39. The van der Waals surface area contributed by atoms with E-state index in [-0.39, 0.29) is 11.5 Å². The van der Waals surface area contributed by atoms with Crippen LogP contribution >= 0.6 is 23.2 Å². The van der Waals surface area contributed by atoms with Gasteiger partial charge in [-0.3, -0.25) is 10.1 Å². The van der Waals surface area contributed by atoms with Crippen molar-refractivity contribution >= 4 is 34.1 Å². The fraction of sp³-hybridized carbons (Fsp3) is 0.0909. The Morgan fingerprint density at radius 2 is 1.50 bits per heavy atom. The smallest absolute Gasteiger partial charge is 0.214 e. The van der Waals surface area contributed by atoms with E-state index in [2.05, 4.69) is 4.98 Å². The summed E-state index contributed by atoms with van der Waals surface area (Å²) < 4.78 is 0. The van der Waals surface area contributed by atoms with Gasteiger partial charge in [0.2, 0.25) is 6.54 Å². The lowest BCUT2D eigenvalue weighted by atomic mass is 9.87. The number of benzene rings is 3. The molecule has 6 heteroatoms. The fourth-order valence-corrected chi connectivity index (χ4v) is 3.83. The second kappa shape index (κ2) is 7.66. The van der Waals surface area contributed by atoms with Crippen LogP contribution in [0.4, 0.5) is 0 Å². The summed E-state index contributed by atoms with van der Waals surface area (Å²) in [5, 5.41) is 13.7. The summed E-state index contributed by atoms with van der Waals surface area (Å²) in [6.07, 6.45) is 0. The number of fused-ring (bicyclic) bond motifs is 1. The third-order valence-corrected chi connectivity index (χ3v) is 5.34. The van der Waals surface area contributed by atoms with Crippen LogP contribution in [0.15, 0.2) is 72.8 Å². The van der Waals surface area contributed by atoms with E-state index in [4.69, 9.17) is 23.2 Å². The van der Waals surface area contributed by atoms with E-state index in [9.17, 15) is 10.1 Å². The molecule has 1 atom stereocenters. The molecule has 4 rings (SSSR count). The third-order valence-electron chi connectivity index (χ3n) is 4.83. The molecule has 0 spiro atoms. The SMILES string of the molecule is O=[N+]([O-])C[C@H](c1ccc(Cl)cc1)c1c(-c2ccc(Cl)cc2)[nH]c2ccccc12. The molecule has 0 radical (unpaired) electrons. The van der Waals surface area contributed by atoms with Crippen LogP contribution in [0.5, 0.6) is 0 Å². The van der Waals surface area contributed by atoms with Crippen LogP contribution in [-0.4, -0.2) is 16.5 Å². The van der Waals surface area contributed by atoms with Gasteiger partial charge in [0.05, 0.1) is 11.6 Å². The highest BCUT2D eigenvalue weighted by Gasteiger charge is 2.27. The first kappa shape index (κ1) is 18.5. The zero-order chi connectivity index (χ0) is 19.7. The molecule has 28 heavy (non-hydrogen) atoms. The van der Waals surface area contributed by atoms with E-state index >= 15 is 0 Å². The van der Waals surface area contributed by atoms with Crippen LogP contribution in [0.25, 0.3) is 22.2 Å². The molecular weight excluding hydrogens is 395 g/mol. The van der Waals surface area contributed by atoms with Gasteiger partial charge in [-0.05, 0) is 47.0 Å². The molecule has 0 saturated carbocycles. The molecule has 0 aliphatic carbocycles. The van der Waals surface area contributed by atoms with Crippen molar-refractivity contribution in [2.45, 2.75) is 5.92 Å². The molecule has 1 heterocycles. The first-order valence-corrected chi connectivity index (χ1v) is 9.52. The zero-order valence-corrected chi connectivity index (χ0v) is 16.2. The highest BCUT2D eigenvalue weighted by molar-refractivity contribution is 6.30. The van der Waals surface area contributed by atoms with Gasteiger partial charge in [-0.15, -0.1) is 0 Å². The lowest BCUT2D eigenvalue weighted by Crippen LogP contribution is -2.14. The van der Waals surface area contributed by atoms with Crippen LogP contribution in [0.1, 0.15) is 17.0 Å². The van der Waals surface area contributed by atoms with E-state index in [1.165, 1.54) is 0 Å². The second-order valence-electron chi connectivity index (χ2n) is 6.59. The minimum Gasteiger partial charge on any atom is -0.354 e.